The lowest BCUT2D eigenvalue weighted by Gasteiger charge is -2.34. The van der Waals surface area contributed by atoms with E-state index < -0.39 is 0 Å². The fourth-order valence-corrected chi connectivity index (χ4v) is 3.84. The van der Waals surface area contributed by atoms with Gasteiger partial charge in [-0.05, 0) is 67.8 Å². The average Bonchev–Trinajstić information content (AvgIpc) is 3.13. The van der Waals surface area contributed by atoms with E-state index in [2.05, 4.69) is 42.7 Å². The fraction of sp³-hybridized carbons (Fsp3) is 0.450. The molecule has 0 bridgehead atoms. The summed E-state index contributed by atoms with van der Waals surface area (Å²) in [6, 6.07) is 10.5. The van der Waals surface area contributed by atoms with Crippen molar-refractivity contribution in [2.45, 2.75) is 39.2 Å². The van der Waals surface area contributed by atoms with E-state index in [1.165, 1.54) is 16.0 Å². The van der Waals surface area contributed by atoms with Crippen LogP contribution >= 0.6 is 11.3 Å². The maximum atomic E-state index is 12.9. The second kappa shape index (κ2) is 8.50. The summed E-state index contributed by atoms with van der Waals surface area (Å²) in [5.41, 5.74) is 3.28. The number of aryl methyl sites for hydroxylation is 2. The van der Waals surface area contributed by atoms with Crippen LogP contribution in [-0.4, -0.2) is 36.7 Å². The van der Waals surface area contributed by atoms with Crippen LogP contribution in [-0.2, 0) is 11.2 Å². The van der Waals surface area contributed by atoms with Crippen LogP contribution in [0.4, 0.5) is 10.5 Å². The Morgan fingerprint density at radius 2 is 2.04 bits per heavy atom. The first-order chi connectivity index (χ1) is 12.1. The molecule has 0 aliphatic carbocycles. The molecule has 0 spiro atoms. The number of urea groups is 1. The number of amides is 2. The van der Waals surface area contributed by atoms with Gasteiger partial charge in [0, 0.05) is 36.4 Å². The van der Waals surface area contributed by atoms with Gasteiger partial charge in [-0.15, -0.1) is 11.3 Å². The summed E-state index contributed by atoms with van der Waals surface area (Å²) in [6.07, 6.45) is 2.71. The Bertz CT molecular complexity index is 694. The van der Waals surface area contributed by atoms with E-state index in [1.54, 1.807) is 11.3 Å². The van der Waals surface area contributed by atoms with Crippen LogP contribution in [0.5, 0.6) is 0 Å². The van der Waals surface area contributed by atoms with Gasteiger partial charge < -0.3 is 15.0 Å². The molecule has 2 heterocycles. The molecule has 2 amide bonds. The van der Waals surface area contributed by atoms with Crippen LogP contribution in [0.25, 0.3) is 0 Å². The van der Waals surface area contributed by atoms with E-state index in [4.69, 9.17) is 4.74 Å². The predicted octanol–water partition coefficient (Wildman–Crippen LogP) is 4.62. The molecule has 134 valence electrons. The number of thiophene rings is 1. The van der Waals surface area contributed by atoms with Gasteiger partial charge in [0.2, 0.25) is 0 Å². The van der Waals surface area contributed by atoms with Crippen molar-refractivity contribution in [2.75, 3.05) is 25.1 Å². The van der Waals surface area contributed by atoms with Crippen molar-refractivity contribution in [2.24, 2.45) is 0 Å². The minimum absolute atomic E-state index is 0.00768. The van der Waals surface area contributed by atoms with Crippen LogP contribution in [0.2, 0.25) is 0 Å². The summed E-state index contributed by atoms with van der Waals surface area (Å²) in [5.74, 6) is 0. The van der Waals surface area contributed by atoms with Gasteiger partial charge in [-0.3, -0.25) is 0 Å². The SMILES string of the molecule is Cc1ccc(NC(=O)N(CCc2cccs2)C2CCOCC2)cc1C. The monoisotopic (exact) mass is 358 g/mol. The van der Waals surface area contributed by atoms with Crippen LogP contribution in [0, 0.1) is 13.8 Å². The number of nitrogens with one attached hydrogen (secondary N) is 1. The highest BCUT2D eigenvalue weighted by Gasteiger charge is 2.25. The second-order valence-corrected chi connectivity index (χ2v) is 7.63. The molecule has 0 atom stereocenters. The van der Waals surface area contributed by atoms with E-state index in [0.717, 1.165) is 44.7 Å². The third kappa shape index (κ3) is 4.83. The smallest absolute Gasteiger partial charge is 0.322 e. The molecular weight excluding hydrogens is 332 g/mol. The summed E-state index contributed by atoms with van der Waals surface area (Å²) in [6.45, 7) is 6.35. The lowest BCUT2D eigenvalue weighted by Crippen LogP contribution is -2.46. The molecule has 1 aromatic heterocycles. The van der Waals surface area contributed by atoms with Gasteiger partial charge in [-0.25, -0.2) is 4.79 Å². The zero-order valence-corrected chi connectivity index (χ0v) is 15.8. The number of hydrogen-bond donors (Lipinski definition) is 1. The number of rotatable bonds is 5. The minimum atomic E-state index is -0.00768. The molecule has 1 N–H and O–H groups in total. The Balaban J connectivity index is 1.69. The van der Waals surface area contributed by atoms with Crippen LogP contribution < -0.4 is 5.32 Å². The normalized spacial score (nSPS) is 15.1. The van der Waals surface area contributed by atoms with Crippen LogP contribution in [0.15, 0.2) is 35.7 Å². The van der Waals surface area contributed by atoms with E-state index >= 15 is 0 Å². The molecule has 1 fully saturated rings. The first kappa shape index (κ1) is 18.0. The number of hydrogen-bond acceptors (Lipinski definition) is 3. The van der Waals surface area contributed by atoms with E-state index in [0.29, 0.717) is 0 Å². The van der Waals surface area contributed by atoms with Gasteiger partial charge >= 0.3 is 6.03 Å². The lowest BCUT2D eigenvalue weighted by atomic mass is 10.1. The molecule has 2 aromatic rings. The standard InChI is InChI=1S/C20H26N2O2S/c1-15-5-6-17(14-16(15)2)21-20(23)22(18-8-11-24-12-9-18)10-7-19-4-3-13-25-19/h3-6,13-14,18H,7-12H2,1-2H3,(H,21,23). The molecule has 0 unspecified atom stereocenters. The summed E-state index contributed by atoms with van der Waals surface area (Å²) in [5, 5.41) is 5.17. The molecular formula is C20H26N2O2S. The van der Waals surface area contributed by atoms with Crippen LogP contribution in [0.3, 0.4) is 0 Å². The number of ether oxygens (including phenoxy) is 1. The second-order valence-electron chi connectivity index (χ2n) is 6.60. The quantitative estimate of drug-likeness (QED) is 0.847. The summed E-state index contributed by atoms with van der Waals surface area (Å²) in [4.78, 5) is 16.3. The topological polar surface area (TPSA) is 41.6 Å². The molecule has 25 heavy (non-hydrogen) atoms. The number of nitrogens with zero attached hydrogens (tertiary/aromatic N) is 1. The van der Waals surface area contributed by atoms with Crippen molar-refractivity contribution in [1.82, 2.24) is 4.90 Å². The van der Waals surface area contributed by atoms with Crippen LogP contribution in [0.1, 0.15) is 28.8 Å². The summed E-state index contributed by atoms with van der Waals surface area (Å²) in [7, 11) is 0. The van der Waals surface area contributed by atoms with Crippen molar-refractivity contribution < 1.29 is 9.53 Å². The van der Waals surface area contributed by atoms with E-state index in [1.807, 2.05) is 17.0 Å². The molecule has 1 saturated heterocycles. The molecule has 3 rings (SSSR count). The third-order valence-corrected chi connectivity index (χ3v) is 5.77. The van der Waals surface area contributed by atoms with Crippen molar-refractivity contribution >= 4 is 23.1 Å². The number of carbonyl (C=O) groups is 1. The Morgan fingerprint density at radius 1 is 1.24 bits per heavy atom. The highest BCUT2D eigenvalue weighted by Crippen LogP contribution is 2.20. The Hall–Kier alpha value is -1.85. The maximum Gasteiger partial charge on any atom is 0.322 e. The largest absolute Gasteiger partial charge is 0.381 e. The fourth-order valence-electron chi connectivity index (χ4n) is 3.15. The lowest BCUT2D eigenvalue weighted by molar-refractivity contribution is 0.0484. The Morgan fingerprint density at radius 3 is 2.72 bits per heavy atom. The summed E-state index contributed by atoms with van der Waals surface area (Å²) >= 11 is 1.75. The number of carbonyl (C=O) groups excluding carboxylic acids is 1. The zero-order chi connectivity index (χ0) is 17.6. The first-order valence-electron chi connectivity index (χ1n) is 8.88. The summed E-state index contributed by atoms with van der Waals surface area (Å²) < 4.78 is 5.47. The number of anilines is 1. The molecule has 5 heteroatoms. The average molecular weight is 359 g/mol. The third-order valence-electron chi connectivity index (χ3n) is 4.83. The Kier molecular flexibility index (Phi) is 6.10. The van der Waals surface area contributed by atoms with E-state index in [9.17, 15) is 4.79 Å². The zero-order valence-electron chi connectivity index (χ0n) is 15.0. The van der Waals surface area contributed by atoms with Crippen molar-refractivity contribution in [1.29, 1.82) is 0 Å². The van der Waals surface area contributed by atoms with Crippen molar-refractivity contribution in [3.8, 4) is 0 Å². The molecule has 4 nitrogen and oxygen atoms in total. The molecule has 1 aromatic carbocycles. The molecule has 0 saturated carbocycles. The van der Waals surface area contributed by atoms with Gasteiger partial charge in [0.1, 0.15) is 0 Å². The highest BCUT2D eigenvalue weighted by molar-refractivity contribution is 7.09. The van der Waals surface area contributed by atoms with Crippen molar-refractivity contribution in [3.05, 3.63) is 51.7 Å². The van der Waals surface area contributed by atoms with Crippen molar-refractivity contribution in [3.63, 3.8) is 0 Å². The van der Waals surface area contributed by atoms with Gasteiger partial charge in [-0.2, -0.15) is 0 Å². The Labute approximate surface area is 153 Å². The highest BCUT2D eigenvalue weighted by atomic mass is 32.1. The number of benzene rings is 1. The van der Waals surface area contributed by atoms with Gasteiger partial charge in [0.15, 0.2) is 0 Å². The van der Waals surface area contributed by atoms with Gasteiger partial charge in [0.25, 0.3) is 0 Å². The maximum absolute atomic E-state index is 12.9. The predicted molar refractivity (Wildman–Crippen MR) is 104 cm³/mol. The van der Waals surface area contributed by atoms with Gasteiger partial charge in [0.05, 0.1) is 0 Å². The molecule has 1 aliphatic rings. The minimum Gasteiger partial charge on any atom is -0.381 e. The molecule has 1 aliphatic heterocycles. The molecule has 0 radical (unpaired) electrons. The van der Waals surface area contributed by atoms with Gasteiger partial charge in [-0.1, -0.05) is 12.1 Å². The first-order valence-corrected chi connectivity index (χ1v) is 9.76. The van der Waals surface area contributed by atoms with E-state index in [-0.39, 0.29) is 12.1 Å².